The van der Waals surface area contributed by atoms with Gasteiger partial charge in [-0.3, -0.25) is 14.5 Å². The van der Waals surface area contributed by atoms with Gasteiger partial charge in [0.25, 0.3) is 0 Å². The minimum absolute atomic E-state index is 0.106. The highest BCUT2D eigenvalue weighted by Gasteiger charge is 2.30. The molecule has 0 aliphatic heterocycles. The summed E-state index contributed by atoms with van der Waals surface area (Å²) in [6.07, 6.45) is -2.58. The molecule has 1 aromatic carbocycles. The number of rotatable bonds is 5. The van der Waals surface area contributed by atoms with E-state index in [4.69, 9.17) is 0 Å². The smallest absolute Gasteiger partial charge is 0.353 e. The van der Waals surface area contributed by atoms with Gasteiger partial charge < -0.3 is 15.2 Å². The molecule has 6 nitrogen and oxygen atoms in total. The first kappa shape index (κ1) is 20.5. The highest BCUT2D eigenvalue weighted by Crippen LogP contribution is 2.29. The van der Waals surface area contributed by atoms with Crippen LogP contribution < -0.4 is 10.6 Å². The number of carbonyl (C=O) groups excluding carboxylic acids is 2. The molecule has 2 rings (SSSR count). The number of benzene rings is 1. The van der Waals surface area contributed by atoms with E-state index >= 15 is 0 Å². The molecule has 1 atom stereocenters. The first-order valence-corrected chi connectivity index (χ1v) is 8.13. The molecule has 0 aliphatic rings. The molecule has 0 unspecified atom stereocenters. The lowest BCUT2D eigenvalue weighted by atomic mass is 10.2. The molecule has 2 N–H and O–H groups in total. The van der Waals surface area contributed by atoms with Crippen molar-refractivity contribution >= 4 is 17.5 Å². The van der Waals surface area contributed by atoms with Crippen LogP contribution in [0, 0.1) is 0 Å². The number of likely N-dealkylation sites (N-methyl/N-ethyl adjacent to an activating group) is 1. The number of halogens is 3. The number of hydrogen-bond acceptors (Lipinski definition) is 3. The van der Waals surface area contributed by atoms with E-state index in [0.29, 0.717) is 0 Å². The van der Waals surface area contributed by atoms with E-state index in [2.05, 4.69) is 10.6 Å². The summed E-state index contributed by atoms with van der Waals surface area (Å²) in [7, 11) is 5.59. The Hall–Kier alpha value is -2.81. The largest absolute Gasteiger partial charge is 0.416 e. The molecular weight excluding hydrogens is 361 g/mol. The summed E-state index contributed by atoms with van der Waals surface area (Å²) >= 11 is 0. The predicted molar refractivity (Wildman–Crippen MR) is 94.9 cm³/mol. The second kappa shape index (κ2) is 8.26. The fourth-order valence-electron chi connectivity index (χ4n) is 2.57. The second-order valence-electron chi connectivity index (χ2n) is 6.26. The first-order valence-electron chi connectivity index (χ1n) is 8.13. The third-order valence-corrected chi connectivity index (χ3v) is 4.08. The summed E-state index contributed by atoms with van der Waals surface area (Å²) in [4.78, 5) is 25.9. The first-order chi connectivity index (χ1) is 12.6. The van der Waals surface area contributed by atoms with E-state index in [0.717, 1.165) is 30.0 Å². The van der Waals surface area contributed by atoms with Crippen LogP contribution in [0.25, 0.3) is 0 Å². The van der Waals surface area contributed by atoms with Gasteiger partial charge in [0.2, 0.25) is 0 Å². The van der Waals surface area contributed by atoms with Crippen molar-refractivity contribution in [2.24, 2.45) is 7.05 Å². The maximum atomic E-state index is 12.5. The van der Waals surface area contributed by atoms with Gasteiger partial charge in [-0.05, 0) is 50.5 Å². The van der Waals surface area contributed by atoms with Gasteiger partial charge >= 0.3 is 18.0 Å². The average Bonchev–Trinajstić information content (AvgIpc) is 3.00. The van der Waals surface area contributed by atoms with Crippen molar-refractivity contribution < 1.29 is 22.8 Å². The molecule has 0 aliphatic carbocycles. The van der Waals surface area contributed by atoms with Crippen molar-refractivity contribution in [2.45, 2.75) is 12.2 Å². The number of carbonyl (C=O) groups is 2. The molecule has 27 heavy (non-hydrogen) atoms. The lowest BCUT2D eigenvalue weighted by Crippen LogP contribution is -2.40. The Kier molecular flexibility index (Phi) is 6.27. The zero-order valence-corrected chi connectivity index (χ0v) is 15.2. The zero-order chi connectivity index (χ0) is 20.2. The molecule has 0 fully saturated rings. The lowest BCUT2D eigenvalue weighted by molar-refractivity contribution is -0.137. The molecule has 146 valence electrons. The minimum Gasteiger partial charge on any atom is -0.353 e. The number of amides is 2. The maximum Gasteiger partial charge on any atom is 0.416 e. The van der Waals surface area contributed by atoms with Gasteiger partial charge in [-0.15, -0.1) is 0 Å². The van der Waals surface area contributed by atoms with Gasteiger partial charge in [-0.25, -0.2) is 0 Å². The number of nitrogens with one attached hydrogen (secondary N) is 2. The Morgan fingerprint density at radius 2 is 1.74 bits per heavy atom. The van der Waals surface area contributed by atoms with E-state index in [1.807, 2.05) is 48.9 Å². The number of aryl methyl sites for hydroxylation is 1. The topological polar surface area (TPSA) is 66.4 Å². The third-order valence-electron chi connectivity index (χ3n) is 4.08. The Bertz CT molecular complexity index is 798. The molecule has 0 radical (unpaired) electrons. The van der Waals surface area contributed by atoms with Crippen LogP contribution in [0.5, 0.6) is 0 Å². The summed E-state index contributed by atoms with van der Waals surface area (Å²) in [5.74, 6) is -1.81. The molecule has 0 spiro atoms. The van der Waals surface area contributed by atoms with Crippen LogP contribution in [-0.2, 0) is 22.8 Å². The van der Waals surface area contributed by atoms with Crippen molar-refractivity contribution in [3.8, 4) is 0 Å². The van der Waals surface area contributed by atoms with Gasteiger partial charge in [0.1, 0.15) is 0 Å². The van der Waals surface area contributed by atoms with Crippen molar-refractivity contribution in [1.29, 1.82) is 0 Å². The number of hydrogen-bond donors (Lipinski definition) is 2. The van der Waals surface area contributed by atoms with Crippen molar-refractivity contribution in [3.63, 3.8) is 0 Å². The van der Waals surface area contributed by atoms with E-state index in [-0.39, 0.29) is 18.3 Å². The average molecular weight is 382 g/mol. The lowest BCUT2D eigenvalue weighted by Gasteiger charge is -2.25. The second-order valence-corrected chi connectivity index (χ2v) is 6.26. The van der Waals surface area contributed by atoms with E-state index in [1.54, 1.807) is 0 Å². The minimum atomic E-state index is -4.46. The standard InChI is InChI=1S/C18H21F3N4O2/c1-24(2)15(14-5-4-10-25(14)3)11-22-16(26)17(27)23-13-8-6-12(7-9-13)18(19,20)21/h4-10,15H,11H2,1-3H3,(H,22,26)(H,23,27)/t15-/m0/s1. The molecule has 1 aromatic heterocycles. The molecule has 2 aromatic rings. The molecule has 0 saturated carbocycles. The van der Waals surface area contributed by atoms with Crippen LogP contribution in [0.2, 0.25) is 0 Å². The van der Waals surface area contributed by atoms with Crippen molar-refractivity contribution in [3.05, 3.63) is 53.9 Å². The number of anilines is 1. The summed E-state index contributed by atoms with van der Waals surface area (Å²) in [5, 5.41) is 4.83. The maximum absolute atomic E-state index is 12.5. The Labute approximate surface area is 155 Å². The van der Waals surface area contributed by atoms with E-state index in [1.165, 1.54) is 0 Å². The van der Waals surface area contributed by atoms with Gasteiger partial charge in [0.05, 0.1) is 11.6 Å². The van der Waals surface area contributed by atoms with Crippen LogP contribution in [0.4, 0.5) is 18.9 Å². The highest BCUT2D eigenvalue weighted by atomic mass is 19.4. The molecule has 0 saturated heterocycles. The fraction of sp³-hybridized carbons (Fsp3) is 0.333. The highest BCUT2D eigenvalue weighted by molar-refractivity contribution is 6.39. The third kappa shape index (κ3) is 5.33. The predicted octanol–water partition coefficient (Wildman–Crippen LogP) is 2.40. The van der Waals surface area contributed by atoms with Crippen LogP contribution in [0.3, 0.4) is 0 Å². The summed E-state index contributed by atoms with van der Waals surface area (Å²) in [6, 6.07) is 7.52. The quantitative estimate of drug-likeness (QED) is 0.781. The molecule has 9 heteroatoms. The number of alkyl halides is 3. The van der Waals surface area contributed by atoms with E-state index < -0.39 is 23.6 Å². The van der Waals surface area contributed by atoms with Gasteiger partial charge in [-0.1, -0.05) is 0 Å². The molecule has 0 bridgehead atoms. The Morgan fingerprint density at radius 3 is 2.22 bits per heavy atom. The van der Waals surface area contributed by atoms with Crippen LogP contribution >= 0.6 is 0 Å². The SMILES string of the molecule is CN(C)[C@@H](CNC(=O)C(=O)Nc1ccc(C(F)(F)F)cc1)c1cccn1C. The monoisotopic (exact) mass is 382 g/mol. The Balaban J connectivity index is 1.95. The van der Waals surface area contributed by atoms with E-state index in [9.17, 15) is 22.8 Å². The molecule has 2 amide bonds. The van der Waals surface area contributed by atoms with Crippen molar-refractivity contribution in [1.82, 2.24) is 14.8 Å². The van der Waals surface area contributed by atoms with Crippen molar-refractivity contribution in [2.75, 3.05) is 26.0 Å². The van der Waals surface area contributed by atoms with Crippen LogP contribution in [-0.4, -0.2) is 41.9 Å². The van der Waals surface area contributed by atoms with Gasteiger partial charge in [0.15, 0.2) is 0 Å². The van der Waals surface area contributed by atoms with Crippen LogP contribution in [0.15, 0.2) is 42.6 Å². The summed E-state index contributed by atoms with van der Waals surface area (Å²) < 4.78 is 39.5. The Morgan fingerprint density at radius 1 is 1.11 bits per heavy atom. The van der Waals surface area contributed by atoms with Crippen LogP contribution in [0.1, 0.15) is 17.3 Å². The number of aromatic nitrogens is 1. The molecular formula is C18H21F3N4O2. The number of nitrogens with zero attached hydrogens (tertiary/aromatic N) is 2. The van der Waals surface area contributed by atoms with Gasteiger partial charge in [0, 0.05) is 31.2 Å². The summed E-state index contributed by atoms with van der Waals surface area (Å²) in [6.45, 7) is 0.199. The zero-order valence-electron chi connectivity index (χ0n) is 15.2. The van der Waals surface area contributed by atoms with Gasteiger partial charge in [-0.2, -0.15) is 13.2 Å². The normalized spacial score (nSPS) is 12.7. The fourth-order valence-corrected chi connectivity index (χ4v) is 2.57. The molecule has 1 heterocycles. The summed E-state index contributed by atoms with van der Waals surface area (Å²) in [5.41, 5.74) is 0.236.